The van der Waals surface area contributed by atoms with Crippen LogP contribution in [0.25, 0.3) is 0 Å². The number of ether oxygens (including phenoxy) is 1. The second-order valence-electron chi connectivity index (χ2n) is 3.31. The first-order chi connectivity index (χ1) is 7.37. The highest BCUT2D eigenvalue weighted by atomic mass is 79.9. The molecule has 0 spiro atoms. The van der Waals surface area contributed by atoms with Crippen molar-refractivity contribution in [3.8, 4) is 5.75 Å². The quantitative estimate of drug-likeness (QED) is 0.798. The molecule has 0 saturated heterocycles. The van der Waals surface area contributed by atoms with Crippen LogP contribution in [-0.2, 0) is 21.2 Å². The predicted molar refractivity (Wildman–Crippen MR) is 68.5 cm³/mol. The largest absolute Gasteiger partial charge is 0.495 e. The summed E-state index contributed by atoms with van der Waals surface area (Å²) in [5, 5.41) is 0. The van der Waals surface area contributed by atoms with Crippen molar-refractivity contribution in [3.63, 3.8) is 0 Å². The third kappa shape index (κ3) is 3.64. The third-order valence-corrected chi connectivity index (χ3v) is 3.69. The van der Waals surface area contributed by atoms with E-state index in [4.69, 9.17) is 15.4 Å². The summed E-state index contributed by atoms with van der Waals surface area (Å²) in [6, 6.07) is 3.70. The number of hydrogen-bond donors (Lipinski definition) is 0. The summed E-state index contributed by atoms with van der Waals surface area (Å²) in [5.74, 6) is 0.283. The van der Waals surface area contributed by atoms with Gasteiger partial charge in [0.2, 0.25) is 9.05 Å². The van der Waals surface area contributed by atoms with E-state index in [9.17, 15) is 8.42 Å². The molecule has 0 saturated carbocycles. The number of methoxy groups -OCH3 is 1. The van der Waals surface area contributed by atoms with Crippen LogP contribution < -0.4 is 4.74 Å². The topological polar surface area (TPSA) is 43.4 Å². The molecule has 6 heteroatoms. The second kappa shape index (κ2) is 5.38. The third-order valence-electron chi connectivity index (χ3n) is 2.12. The highest BCUT2D eigenvalue weighted by Crippen LogP contribution is 2.32. The molecule has 0 amide bonds. The molecule has 3 nitrogen and oxygen atoms in total. The van der Waals surface area contributed by atoms with Crippen LogP contribution in [0.15, 0.2) is 16.6 Å². The second-order valence-corrected chi connectivity index (χ2v) is 6.94. The molecule has 0 N–H and O–H groups in total. The monoisotopic (exact) mass is 326 g/mol. The van der Waals surface area contributed by atoms with Crippen LogP contribution in [0.4, 0.5) is 0 Å². The van der Waals surface area contributed by atoms with Crippen molar-refractivity contribution >= 4 is 35.7 Å². The fourth-order valence-electron chi connectivity index (χ4n) is 1.44. The number of aryl methyl sites for hydroxylation is 1. The summed E-state index contributed by atoms with van der Waals surface area (Å²) in [4.78, 5) is 0. The van der Waals surface area contributed by atoms with Crippen LogP contribution in [0, 0.1) is 0 Å². The van der Waals surface area contributed by atoms with E-state index in [0.717, 1.165) is 16.5 Å². The van der Waals surface area contributed by atoms with E-state index in [1.54, 1.807) is 6.07 Å². The Hall–Kier alpha value is -0.260. The summed E-state index contributed by atoms with van der Waals surface area (Å²) in [6.07, 6.45) is 0.817. The minimum absolute atomic E-state index is 0.232. The molecular weight excluding hydrogens is 316 g/mol. The minimum atomic E-state index is -3.58. The van der Waals surface area contributed by atoms with Crippen molar-refractivity contribution in [2.24, 2.45) is 0 Å². The maximum atomic E-state index is 11.1. The maximum absolute atomic E-state index is 11.1. The standard InChI is InChI=1S/C10H12BrClO3S/c1-3-7-4-8(6-16(12,13)14)10(15-2)9(11)5-7/h4-5H,3,6H2,1-2H3. The van der Waals surface area contributed by atoms with Gasteiger partial charge in [-0.1, -0.05) is 13.0 Å². The molecule has 1 aromatic rings. The Labute approximate surface area is 108 Å². The summed E-state index contributed by atoms with van der Waals surface area (Å²) in [5.41, 5.74) is 1.60. The Morgan fingerprint density at radius 1 is 1.44 bits per heavy atom. The summed E-state index contributed by atoms with van der Waals surface area (Å²) < 4.78 is 28.0. The van der Waals surface area contributed by atoms with Crippen molar-refractivity contribution in [1.29, 1.82) is 0 Å². The van der Waals surface area contributed by atoms with E-state index in [1.165, 1.54) is 7.11 Å². The number of hydrogen-bond acceptors (Lipinski definition) is 3. The van der Waals surface area contributed by atoms with Gasteiger partial charge < -0.3 is 4.74 Å². The number of halogens is 2. The molecule has 0 aliphatic heterocycles. The van der Waals surface area contributed by atoms with Crippen molar-refractivity contribution in [2.45, 2.75) is 19.1 Å². The Bertz CT molecular complexity index is 485. The van der Waals surface area contributed by atoms with Crippen molar-refractivity contribution in [2.75, 3.05) is 7.11 Å². The van der Waals surface area contributed by atoms with Crippen LogP contribution in [0.2, 0.25) is 0 Å². The molecule has 0 heterocycles. The van der Waals surface area contributed by atoms with Gasteiger partial charge in [0.15, 0.2) is 0 Å². The van der Waals surface area contributed by atoms with Gasteiger partial charge in [-0.2, -0.15) is 0 Å². The highest BCUT2D eigenvalue weighted by molar-refractivity contribution is 9.10. The summed E-state index contributed by atoms with van der Waals surface area (Å²) in [7, 11) is 3.16. The van der Waals surface area contributed by atoms with Gasteiger partial charge in [-0.25, -0.2) is 8.42 Å². The van der Waals surface area contributed by atoms with E-state index >= 15 is 0 Å². The highest BCUT2D eigenvalue weighted by Gasteiger charge is 2.15. The minimum Gasteiger partial charge on any atom is -0.495 e. The van der Waals surface area contributed by atoms with Gasteiger partial charge in [-0.3, -0.25) is 0 Å². The van der Waals surface area contributed by atoms with Crippen LogP contribution >= 0.6 is 26.6 Å². The van der Waals surface area contributed by atoms with Crippen LogP contribution in [0.5, 0.6) is 5.75 Å². The zero-order valence-electron chi connectivity index (χ0n) is 8.96. The van der Waals surface area contributed by atoms with Gasteiger partial charge in [0.1, 0.15) is 5.75 Å². The molecule has 90 valence electrons. The Kier molecular flexibility index (Phi) is 4.64. The molecule has 0 bridgehead atoms. The molecule has 0 unspecified atom stereocenters. The molecule has 0 atom stereocenters. The Balaban J connectivity index is 3.28. The molecular formula is C10H12BrClO3S. The molecule has 1 aromatic carbocycles. The average Bonchev–Trinajstić information content (AvgIpc) is 2.14. The van der Waals surface area contributed by atoms with Gasteiger partial charge in [-0.15, -0.1) is 0 Å². The zero-order chi connectivity index (χ0) is 12.3. The fourth-order valence-corrected chi connectivity index (χ4v) is 3.09. The smallest absolute Gasteiger partial charge is 0.236 e. The average molecular weight is 328 g/mol. The molecule has 16 heavy (non-hydrogen) atoms. The van der Waals surface area contributed by atoms with Crippen molar-refractivity contribution in [1.82, 2.24) is 0 Å². The number of benzene rings is 1. The van der Waals surface area contributed by atoms with E-state index in [2.05, 4.69) is 15.9 Å². The van der Waals surface area contributed by atoms with Crippen LogP contribution in [0.1, 0.15) is 18.1 Å². The van der Waals surface area contributed by atoms with E-state index in [0.29, 0.717) is 11.3 Å². The number of rotatable bonds is 4. The molecule has 0 radical (unpaired) electrons. The molecule has 0 aliphatic rings. The first-order valence-electron chi connectivity index (χ1n) is 4.65. The Morgan fingerprint density at radius 3 is 2.50 bits per heavy atom. The normalized spacial score (nSPS) is 11.5. The van der Waals surface area contributed by atoms with Gasteiger partial charge >= 0.3 is 0 Å². The Morgan fingerprint density at radius 2 is 2.06 bits per heavy atom. The van der Waals surface area contributed by atoms with E-state index in [-0.39, 0.29) is 5.75 Å². The molecule has 0 aromatic heterocycles. The van der Waals surface area contributed by atoms with Crippen LogP contribution in [-0.4, -0.2) is 15.5 Å². The molecule has 1 rings (SSSR count). The van der Waals surface area contributed by atoms with E-state index in [1.807, 2.05) is 13.0 Å². The van der Waals surface area contributed by atoms with Gasteiger partial charge in [0, 0.05) is 16.2 Å². The maximum Gasteiger partial charge on any atom is 0.236 e. The lowest BCUT2D eigenvalue weighted by Crippen LogP contribution is -2.00. The zero-order valence-corrected chi connectivity index (χ0v) is 12.1. The van der Waals surface area contributed by atoms with Gasteiger partial charge in [0.25, 0.3) is 0 Å². The van der Waals surface area contributed by atoms with Gasteiger partial charge in [0.05, 0.1) is 17.3 Å². The SMILES string of the molecule is CCc1cc(Br)c(OC)c(CS(=O)(=O)Cl)c1. The fraction of sp³-hybridized carbons (Fsp3) is 0.400. The van der Waals surface area contributed by atoms with Crippen molar-refractivity contribution < 1.29 is 13.2 Å². The van der Waals surface area contributed by atoms with Crippen LogP contribution in [0.3, 0.4) is 0 Å². The van der Waals surface area contributed by atoms with Crippen molar-refractivity contribution in [3.05, 3.63) is 27.7 Å². The summed E-state index contributed by atoms with van der Waals surface area (Å²) in [6.45, 7) is 1.99. The molecule has 0 fully saturated rings. The lowest BCUT2D eigenvalue weighted by atomic mass is 10.1. The first kappa shape index (κ1) is 13.8. The lowest BCUT2D eigenvalue weighted by molar-refractivity contribution is 0.408. The lowest BCUT2D eigenvalue weighted by Gasteiger charge is -2.11. The summed E-state index contributed by atoms with van der Waals surface area (Å²) >= 11 is 3.34. The molecule has 0 aliphatic carbocycles. The van der Waals surface area contributed by atoms with Gasteiger partial charge in [-0.05, 0) is 34.0 Å². The van der Waals surface area contributed by atoms with E-state index < -0.39 is 9.05 Å². The first-order valence-corrected chi connectivity index (χ1v) is 7.92. The predicted octanol–water partition coefficient (Wildman–Crippen LogP) is 3.09.